The van der Waals surface area contributed by atoms with Crippen LogP contribution in [0.25, 0.3) is 0 Å². The second kappa shape index (κ2) is 8.63. The van der Waals surface area contributed by atoms with Crippen LogP contribution in [-0.2, 0) is 4.74 Å². The number of halogens is 2. The Morgan fingerprint density at radius 3 is 2.59 bits per heavy atom. The molecule has 2 rings (SSSR count). The molecule has 2 aromatic rings. The van der Waals surface area contributed by atoms with Crippen molar-refractivity contribution >= 4 is 35.7 Å². The molecule has 0 heterocycles. The number of esters is 1. The molecule has 2 aromatic carbocycles. The number of hydrogen-bond acceptors (Lipinski definition) is 4. The van der Waals surface area contributed by atoms with Crippen molar-refractivity contribution in [3.8, 4) is 0 Å². The number of hydrogen-bond donors (Lipinski definition) is 2. The molecule has 0 fully saturated rings. The fraction of sp³-hybridized carbons (Fsp3) is 0.188. The summed E-state index contributed by atoms with van der Waals surface area (Å²) in [4.78, 5) is 11.7. The summed E-state index contributed by atoms with van der Waals surface area (Å²) in [5, 5.41) is 3.65. The molecular weight excluding hydrogens is 323 g/mol. The number of carbonyl (C=O) groups excluding carboxylic acids is 1. The Kier molecular flexibility index (Phi) is 7.18. The van der Waals surface area contributed by atoms with E-state index in [1.165, 1.54) is 7.11 Å². The summed E-state index contributed by atoms with van der Waals surface area (Å²) < 4.78 is 4.75. The molecule has 118 valence electrons. The Hall–Kier alpha value is -1.75. The van der Waals surface area contributed by atoms with Gasteiger partial charge in [-0.25, -0.2) is 4.79 Å². The van der Waals surface area contributed by atoms with E-state index in [1.54, 1.807) is 18.2 Å². The van der Waals surface area contributed by atoms with Gasteiger partial charge < -0.3 is 15.8 Å². The van der Waals surface area contributed by atoms with Gasteiger partial charge in [-0.05, 0) is 23.8 Å². The van der Waals surface area contributed by atoms with Crippen LogP contribution in [0.15, 0.2) is 48.5 Å². The van der Waals surface area contributed by atoms with E-state index in [0.717, 1.165) is 5.56 Å². The van der Waals surface area contributed by atoms with Gasteiger partial charge in [-0.2, -0.15) is 0 Å². The van der Waals surface area contributed by atoms with Crippen LogP contribution in [0.2, 0.25) is 5.02 Å². The zero-order valence-electron chi connectivity index (χ0n) is 12.1. The van der Waals surface area contributed by atoms with Crippen molar-refractivity contribution in [2.75, 3.05) is 19.0 Å². The maximum absolute atomic E-state index is 11.7. The van der Waals surface area contributed by atoms with Crippen LogP contribution in [0.4, 0.5) is 5.69 Å². The van der Waals surface area contributed by atoms with E-state index in [2.05, 4.69) is 5.32 Å². The van der Waals surface area contributed by atoms with E-state index < -0.39 is 5.97 Å². The zero-order valence-corrected chi connectivity index (χ0v) is 13.7. The van der Waals surface area contributed by atoms with Gasteiger partial charge in [0.1, 0.15) is 0 Å². The second-order valence-electron chi connectivity index (χ2n) is 4.58. The Morgan fingerprint density at radius 2 is 1.95 bits per heavy atom. The molecule has 0 radical (unpaired) electrons. The van der Waals surface area contributed by atoms with Crippen LogP contribution in [0.5, 0.6) is 0 Å². The van der Waals surface area contributed by atoms with Gasteiger partial charge in [0, 0.05) is 23.3 Å². The highest BCUT2D eigenvalue weighted by Gasteiger charge is 2.13. The van der Waals surface area contributed by atoms with E-state index >= 15 is 0 Å². The SMILES string of the molecule is COC(=O)c1cc(Cl)ccc1NCC(N)c1ccccc1.Cl. The molecule has 0 spiro atoms. The van der Waals surface area contributed by atoms with Gasteiger partial charge >= 0.3 is 5.97 Å². The Labute approximate surface area is 141 Å². The molecule has 0 amide bonds. The van der Waals surface area contributed by atoms with Crippen LogP contribution >= 0.6 is 24.0 Å². The number of ether oxygens (including phenoxy) is 1. The molecule has 0 saturated heterocycles. The molecule has 0 bridgehead atoms. The highest BCUT2D eigenvalue weighted by atomic mass is 35.5. The summed E-state index contributed by atoms with van der Waals surface area (Å²) in [6, 6.07) is 14.6. The van der Waals surface area contributed by atoms with Gasteiger partial charge in [-0.15, -0.1) is 12.4 Å². The number of benzene rings is 2. The molecule has 22 heavy (non-hydrogen) atoms. The van der Waals surface area contributed by atoms with Crippen LogP contribution in [0.1, 0.15) is 22.0 Å². The minimum atomic E-state index is -0.437. The van der Waals surface area contributed by atoms with Crippen molar-refractivity contribution in [3.63, 3.8) is 0 Å². The summed E-state index contributed by atoms with van der Waals surface area (Å²) in [5.74, 6) is -0.437. The van der Waals surface area contributed by atoms with Crippen LogP contribution < -0.4 is 11.1 Å². The molecule has 3 N–H and O–H groups in total. The summed E-state index contributed by atoms with van der Waals surface area (Å²) in [6.45, 7) is 0.496. The van der Waals surface area contributed by atoms with E-state index in [9.17, 15) is 4.79 Å². The summed E-state index contributed by atoms with van der Waals surface area (Å²) in [5.41, 5.74) is 8.20. The van der Waals surface area contributed by atoms with Crippen molar-refractivity contribution in [2.45, 2.75) is 6.04 Å². The van der Waals surface area contributed by atoms with E-state index in [1.807, 2.05) is 30.3 Å². The topological polar surface area (TPSA) is 64.3 Å². The molecule has 0 aliphatic heterocycles. The number of carbonyl (C=O) groups is 1. The number of anilines is 1. The largest absolute Gasteiger partial charge is 0.465 e. The Bertz CT molecular complexity index is 621. The van der Waals surface area contributed by atoms with Crippen molar-refractivity contribution < 1.29 is 9.53 Å². The van der Waals surface area contributed by atoms with Gasteiger partial charge in [0.25, 0.3) is 0 Å². The molecule has 0 aliphatic carbocycles. The standard InChI is InChI=1S/C16H17ClN2O2.ClH/c1-21-16(20)13-9-12(17)7-8-15(13)19-10-14(18)11-5-3-2-4-6-11;/h2-9,14,19H,10,18H2,1H3;1H. The average Bonchev–Trinajstić information content (AvgIpc) is 2.53. The first-order chi connectivity index (χ1) is 10.1. The predicted molar refractivity (Wildman–Crippen MR) is 91.9 cm³/mol. The summed E-state index contributed by atoms with van der Waals surface area (Å²) in [6.07, 6.45) is 0. The third kappa shape index (κ3) is 4.63. The monoisotopic (exact) mass is 340 g/mol. The molecule has 1 unspecified atom stereocenters. The average molecular weight is 341 g/mol. The van der Waals surface area contributed by atoms with Crippen LogP contribution in [0.3, 0.4) is 0 Å². The quantitative estimate of drug-likeness (QED) is 0.815. The Morgan fingerprint density at radius 1 is 1.27 bits per heavy atom. The molecule has 4 nitrogen and oxygen atoms in total. The minimum absolute atomic E-state index is 0. The fourth-order valence-corrected chi connectivity index (χ4v) is 2.16. The van der Waals surface area contributed by atoms with Crippen LogP contribution in [0, 0.1) is 0 Å². The lowest BCUT2D eigenvalue weighted by atomic mass is 10.1. The molecule has 0 saturated carbocycles. The second-order valence-corrected chi connectivity index (χ2v) is 5.02. The minimum Gasteiger partial charge on any atom is -0.465 e. The summed E-state index contributed by atoms with van der Waals surface area (Å²) in [7, 11) is 1.34. The van der Waals surface area contributed by atoms with Crippen molar-refractivity contribution in [2.24, 2.45) is 5.73 Å². The normalized spacial score (nSPS) is 11.2. The molecular formula is C16H18Cl2N2O2. The first-order valence-electron chi connectivity index (χ1n) is 6.54. The van der Waals surface area contributed by atoms with E-state index in [4.69, 9.17) is 22.1 Å². The first-order valence-corrected chi connectivity index (χ1v) is 6.92. The third-order valence-electron chi connectivity index (χ3n) is 3.13. The third-order valence-corrected chi connectivity index (χ3v) is 3.36. The van der Waals surface area contributed by atoms with Gasteiger partial charge in [0.05, 0.1) is 12.7 Å². The molecule has 1 atom stereocenters. The lowest BCUT2D eigenvalue weighted by Crippen LogP contribution is -2.21. The molecule has 6 heteroatoms. The number of nitrogens with two attached hydrogens (primary N) is 1. The van der Waals surface area contributed by atoms with Crippen molar-refractivity contribution in [3.05, 3.63) is 64.7 Å². The highest BCUT2D eigenvalue weighted by Crippen LogP contribution is 2.22. The van der Waals surface area contributed by atoms with Crippen molar-refractivity contribution in [1.82, 2.24) is 0 Å². The molecule has 0 aliphatic rings. The highest BCUT2D eigenvalue weighted by molar-refractivity contribution is 6.31. The Balaban J connectivity index is 0.00000242. The van der Waals surface area contributed by atoms with Crippen LogP contribution in [-0.4, -0.2) is 19.6 Å². The lowest BCUT2D eigenvalue weighted by Gasteiger charge is -2.16. The van der Waals surface area contributed by atoms with Gasteiger partial charge in [0.2, 0.25) is 0 Å². The van der Waals surface area contributed by atoms with Gasteiger partial charge in [-0.1, -0.05) is 41.9 Å². The smallest absolute Gasteiger partial charge is 0.340 e. The number of nitrogens with one attached hydrogen (secondary N) is 1. The number of rotatable bonds is 5. The van der Waals surface area contributed by atoms with E-state index in [-0.39, 0.29) is 18.4 Å². The first kappa shape index (κ1) is 18.3. The maximum atomic E-state index is 11.7. The molecule has 0 aromatic heterocycles. The summed E-state index contributed by atoms with van der Waals surface area (Å²) >= 11 is 5.92. The van der Waals surface area contributed by atoms with E-state index in [0.29, 0.717) is 22.8 Å². The fourth-order valence-electron chi connectivity index (χ4n) is 1.99. The zero-order chi connectivity index (χ0) is 15.2. The number of methoxy groups -OCH3 is 1. The van der Waals surface area contributed by atoms with Gasteiger partial charge in [-0.3, -0.25) is 0 Å². The maximum Gasteiger partial charge on any atom is 0.340 e. The predicted octanol–water partition coefficient (Wildman–Crippen LogP) is 3.66. The van der Waals surface area contributed by atoms with Crippen molar-refractivity contribution in [1.29, 1.82) is 0 Å². The van der Waals surface area contributed by atoms with Gasteiger partial charge in [0.15, 0.2) is 0 Å². The lowest BCUT2D eigenvalue weighted by molar-refractivity contribution is 0.0602.